The number of carbonyl (C=O) groups is 2. The third-order valence-corrected chi connectivity index (χ3v) is 4.13. The Bertz CT molecular complexity index is 768. The Labute approximate surface area is 133 Å². The Morgan fingerprint density at radius 1 is 1.43 bits per heavy atom. The number of carbonyl (C=O) groups excluding carboxylic acids is 1. The van der Waals surface area contributed by atoms with Gasteiger partial charge in [0.15, 0.2) is 5.69 Å². The lowest BCUT2D eigenvalue weighted by Crippen LogP contribution is -2.33. The molecule has 0 saturated heterocycles. The van der Waals surface area contributed by atoms with Crippen molar-refractivity contribution in [1.29, 1.82) is 0 Å². The second-order valence-electron chi connectivity index (χ2n) is 6.04. The van der Waals surface area contributed by atoms with Crippen LogP contribution in [0.2, 0.25) is 0 Å². The highest BCUT2D eigenvalue weighted by molar-refractivity contribution is 5.84. The summed E-state index contributed by atoms with van der Waals surface area (Å²) in [7, 11) is 0. The summed E-state index contributed by atoms with van der Waals surface area (Å²) in [4.78, 5) is 23.0. The minimum absolute atomic E-state index is 0.0279. The van der Waals surface area contributed by atoms with E-state index in [1.807, 2.05) is 6.92 Å². The van der Waals surface area contributed by atoms with Crippen LogP contribution >= 0.6 is 0 Å². The van der Waals surface area contributed by atoms with Gasteiger partial charge in [-0.2, -0.15) is 0 Å². The first-order valence-electron chi connectivity index (χ1n) is 7.46. The second kappa shape index (κ2) is 5.83. The van der Waals surface area contributed by atoms with E-state index in [4.69, 9.17) is 5.11 Å². The molecule has 0 spiro atoms. The fourth-order valence-electron chi connectivity index (χ4n) is 3.02. The lowest BCUT2D eigenvalue weighted by atomic mass is 10.0. The van der Waals surface area contributed by atoms with Crippen LogP contribution in [0.1, 0.15) is 40.1 Å². The number of nitrogens with one attached hydrogen (secondary N) is 1. The molecule has 120 valence electrons. The van der Waals surface area contributed by atoms with Gasteiger partial charge in [0.1, 0.15) is 6.54 Å². The number of hydrogen-bond donors (Lipinski definition) is 2. The van der Waals surface area contributed by atoms with Gasteiger partial charge in [-0.1, -0.05) is 35.9 Å². The maximum Gasteiger partial charge on any atom is 0.358 e. The molecule has 1 aromatic carbocycles. The highest BCUT2D eigenvalue weighted by Gasteiger charge is 2.30. The molecule has 2 N–H and O–H groups in total. The van der Waals surface area contributed by atoms with E-state index in [0.29, 0.717) is 5.92 Å². The summed E-state index contributed by atoms with van der Waals surface area (Å²) in [6.45, 7) is 4.09. The molecule has 1 heterocycles. The number of aromatic carboxylic acids is 1. The zero-order valence-electron chi connectivity index (χ0n) is 13.0. The molecule has 0 saturated carbocycles. The van der Waals surface area contributed by atoms with Crippen molar-refractivity contribution in [1.82, 2.24) is 20.3 Å². The molecule has 7 heteroatoms. The van der Waals surface area contributed by atoms with E-state index in [-0.39, 0.29) is 24.2 Å². The maximum absolute atomic E-state index is 12.2. The molecule has 2 aromatic rings. The van der Waals surface area contributed by atoms with E-state index in [9.17, 15) is 9.59 Å². The van der Waals surface area contributed by atoms with Gasteiger partial charge in [-0.3, -0.25) is 4.79 Å². The maximum atomic E-state index is 12.2. The van der Waals surface area contributed by atoms with Crippen LogP contribution in [-0.4, -0.2) is 32.0 Å². The molecular weight excluding hydrogens is 296 g/mol. The molecule has 3 rings (SSSR count). The summed E-state index contributed by atoms with van der Waals surface area (Å²) in [6, 6.07) is 6.28. The molecule has 2 unspecified atom stereocenters. The Hall–Kier alpha value is -2.70. The molecule has 2 atom stereocenters. The first-order chi connectivity index (χ1) is 10.9. The summed E-state index contributed by atoms with van der Waals surface area (Å²) in [6.07, 6.45) is 2.19. The number of amides is 1. The predicted molar refractivity (Wildman–Crippen MR) is 81.9 cm³/mol. The summed E-state index contributed by atoms with van der Waals surface area (Å²) in [5, 5.41) is 19.0. The number of rotatable bonds is 4. The summed E-state index contributed by atoms with van der Waals surface area (Å²) >= 11 is 0. The Balaban J connectivity index is 1.70. The van der Waals surface area contributed by atoms with Gasteiger partial charge < -0.3 is 10.4 Å². The summed E-state index contributed by atoms with van der Waals surface area (Å²) in [5.74, 6) is -1.05. The van der Waals surface area contributed by atoms with Crippen LogP contribution in [0.5, 0.6) is 0 Å². The lowest BCUT2D eigenvalue weighted by Gasteiger charge is -2.19. The van der Waals surface area contributed by atoms with Gasteiger partial charge in [0, 0.05) is 0 Å². The monoisotopic (exact) mass is 314 g/mol. The van der Waals surface area contributed by atoms with Gasteiger partial charge >= 0.3 is 5.97 Å². The van der Waals surface area contributed by atoms with Crippen molar-refractivity contribution in [2.24, 2.45) is 5.92 Å². The van der Waals surface area contributed by atoms with Gasteiger partial charge in [0.2, 0.25) is 5.91 Å². The second-order valence-corrected chi connectivity index (χ2v) is 6.04. The van der Waals surface area contributed by atoms with Crippen LogP contribution in [0.4, 0.5) is 0 Å². The zero-order valence-corrected chi connectivity index (χ0v) is 13.0. The number of carboxylic acid groups (broad SMARTS) is 1. The highest BCUT2D eigenvalue weighted by atomic mass is 16.4. The number of carboxylic acids is 1. The van der Waals surface area contributed by atoms with Crippen molar-refractivity contribution in [2.45, 2.75) is 32.9 Å². The van der Waals surface area contributed by atoms with Gasteiger partial charge in [0.05, 0.1) is 12.2 Å². The van der Waals surface area contributed by atoms with Crippen molar-refractivity contribution in [2.75, 3.05) is 0 Å². The topological polar surface area (TPSA) is 97.1 Å². The summed E-state index contributed by atoms with van der Waals surface area (Å²) in [5.41, 5.74) is 3.42. The molecule has 0 aliphatic heterocycles. The molecule has 0 fully saturated rings. The van der Waals surface area contributed by atoms with Crippen LogP contribution in [0.15, 0.2) is 24.4 Å². The van der Waals surface area contributed by atoms with Crippen molar-refractivity contribution < 1.29 is 14.7 Å². The normalized spacial score (nSPS) is 19.4. The van der Waals surface area contributed by atoms with Crippen LogP contribution < -0.4 is 5.32 Å². The van der Waals surface area contributed by atoms with E-state index >= 15 is 0 Å². The average molecular weight is 314 g/mol. The van der Waals surface area contributed by atoms with Crippen LogP contribution in [0.3, 0.4) is 0 Å². The van der Waals surface area contributed by atoms with Crippen molar-refractivity contribution in [3.8, 4) is 0 Å². The number of hydrogen-bond acceptors (Lipinski definition) is 4. The van der Waals surface area contributed by atoms with Crippen LogP contribution in [0, 0.1) is 12.8 Å². The standard InChI is InChI=1S/C16H18N4O3/c1-9-3-4-11-6-10(2)15(12(11)5-9)17-14(21)8-20-7-13(16(22)23)18-19-20/h3-5,7,10,15H,6,8H2,1-2H3,(H,17,21)(H,22,23). The fraction of sp³-hybridized carbons (Fsp3) is 0.375. The molecule has 1 aromatic heterocycles. The third kappa shape index (κ3) is 3.08. The highest BCUT2D eigenvalue weighted by Crippen LogP contribution is 2.36. The molecular formula is C16H18N4O3. The Morgan fingerprint density at radius 2 is 2.22 bits per heavy atom. The van der Waals surface area contributed by atoms with E-state index in [1.165, 1.54) is 22.0 Å². The molecule has 0 bridgehead atoms. The van der Waals surface area contributed by atoms with Crippen molar-refractivity contribution in [3.63, 3.8) is 0 Å². The Kier molecular flexibility index (Phi) is 3.85. The molecule has 1 aliphatic carbocycles. The van der Waals surface area contributed by atoms with Gasteiger partial charge in [-0.05, 0) is 30.4 Å². The van der Waals surface area contributed by atoms with E-state index in [2.05, 4.69) is 40.8 Å². The average Bonchev–Trinajstić information content (AvgIpc) is 3.05. The largest absolute Gasteiger partial charge is 0.476 e. The molecule has 7 nitrogen and oxygen atoms in total. The number of nitrogens with zero attached hydrogens (tertiary/aromatic N) is 3. The quantitative estimate of drug-likeness (QED) is 0.887. The molecule has 23 heavy (non-hydrogen) atoms. The molecule has 0 radical (unpaired) electrons. The minimum Gasteiger partial charge on any atom is -0.476 e. The third-order valence-electron chi connectivity index (χ3n) is 4.13. The van der Waals surface area contributed by atoms with E-state index in [0.717, 1.165) is 12.0 Å². The van der Waals surface area contributed by atoms with Crippen molar-refractivity contribution in [3.05, 3.63) is 46.8 Å². The Morgan fingerprint density at radius 3 is 2.91 bits per heavy atom. The van der Waals surface area contributed by atoms with E-state index in [1.54, 1.807) is 0 Å². The smallest absolute Gasteiger partial charge is 0.358 e. The lowest BCUT2D eigenvalue weighted by molar-refractivity contribution is -0.122. The number of fused-ring (bicyclic) bond motifs is 1. The van der Waals surface area contributed by atoms with Gasteiger partial charge in [-0.25, -0.2) is 9.48 Å². The zero-order chi connectivity index (χ0) is 16.6. The number of aryl methyl sites for hydroxylation is 1. The van der Waals surface area contributed by atoms with Crippen LogP contribution in [0.25, 0.3) is 0 Å². The van der Waals surface area contributed by atoms with Gasteiger partial charge in [-0.15, -0.1) is 5.10 Å². The number of aromatic nitrogens is 3. The molecule has 1 amide bonds. The van der Waals surface area contributed by atoms with E-state index < -0.39 is 5.97 Å². The van der Waals surface area contributed by atoms with Crippen molar-refractivity contribution >= 4 is 11.9 Å². The summed E-state index contributed by atoms with van der Waals surface area (Å²) < 4.78 is 1.23. The van der Waals surface area contributed by atoms with Gasteiger partial charge in [0.25, 0.3) is 0 Å². The first-order valence-corrected chi connectivity index (χ1v) is 7.46. The predicted octanol–water partition coefficient (Wildman–Crippen LogP) is 1.33. The molecule has 1 aliphatic rings. The SMILES string of the molecule is Cc1ccc2c(c1)C(NC(=O)Cn1cc(C(=O)O)nn1)C(C)C2. The number of benzene rings is 1. The first kappa shape index (κ1) is 15.2. The van der Waals surface area contributed by atoms with Crippen LogP contribution in [-0.2, 0) is 17.8 Å². The fourth-order valence-corrected chi connectivity index (χ4v) is 3.02. The minimum atomic E-state index is -1.16.